The van der Waals surface area contributed by atoms with Gasteiger partial charge in [-0.25, -0.2) is 21.6 Å². The topological polar surface area (TPSA) is 80.3 Å². The van der Waals surface area contributed by atoms with Crippen molar-refractivity contribution < 1.29 is 16.8 Å². The molecule has 7 heteroatoms. The van der Waals surface area contributed by atoms with Crippen LogP contribution < -0.4 is 4.72 Å². The molecule has 0 amide bonds. The number of hydrogen-bond donors (Lipinski definition) is 1. The fourth-order valence-corrected chi connectivity index (χ4v) is 7.56. The zero-order valence-corrected chi connectivity index (χ0v) is 16.2. The molecule has 130 valence electrons. The van der Waals surface area contributed by atoms with Crippen LogP contribution in [0.3, 0.4) is 0 Å². The molecule has 1 fully saturated rings. The molecule has 5 nitrogen and oxygen atoms in total. The highest BCUT2D eigenvalue weighted by Gasteiger charge is 2.42. The third kappa shape index (κ3) is 3.32. The van der Waals surface area contributed by atoms with Crippen molar-refractivity contribution in [2.45, 2.75) is 58.4 Å². The van der Waals surface area contributed by atoms with E-state index in [9.17, 15) is 16.8 Å². The first-order chi connectivity index (χ1) is 10.3. The minimum atomic E-state index is -3.79. The normalized spacial score (nSPS) is 24.1. The van der Waals surface area contributed by atoms with E-state index in [0.717, 1.165) is 27.8 Å². The first-order valence-electron chi connectivity index (χ1n) is 7.61. The van der Waals surface area contributed by atoms with E-state index in [1.807, 2.05) is 20.8 Å². The van der Waals surface area contributed by atoms with Gasteiger partial charge in [0.05, 0.1) is 16.4 Å². The Hall–Kier alpha value is -0.920. The fraction of sp³-hybridized carbons (Fsp3) is 0.625. The predicted octanol–water partition coefficient (Wildman–Crippen LogP) is 2.08. The van der Waals surface area contributed by atoms with E-state index < -0.39 is 25.4 Å². The first kappa shape index (κ1) is 18.4. The quantitative estimate of drug-likeness (QED) is 0.896. The van der Waals surface area contributed by atoms with Crippen LogP contribution >= 0.6 is 0 Å². The van der Waals surface area contributed by atoms with Gasteiger partial charge in [0.2, 0.25) is 10.0 Å². The highest BCUT2D eigenvalue weighted by Crippen LogP contribution is 2.32. The van der Waals surface area contributed by atoms with Gasteiger partial charge in [-0.05, 0) is 75.8 Å². The Morgan fingerprint density at radius 3 is 1.74 bits per heavy atom. The summed E-state index contributed by atoms with van der Waals surface area (Å²) < 4.78 is 52.0. The number of sulfonamides is 1. The summed E-state index contributed by atoms with van der Waals surface area (Å²) in [4.78, 5) is 0.281. The number of sulfone groups is 1. The molecular weight excluding hydrogens is 334 g/mol. The van der Waals surface area contributed by atoms with Gasteiger partial charge in [0.15, 0.2) is 9.84 Å². The van der Waals surface area contributed by atoms with Gasteiger partial charge in [-0.2, -0.15) is 0 Å². The zero-order valence-electron chi connectivity index (χ0n) is 14.6. The average molecular weight is 360 g/mol. The van der Waals surface area contributed by atoms with Gasteiger partial charge in [-0.1, -0.05) is 0 Å². The minimum Gasteiger partial charge on any atom is -0.229 e. The molecule has 1 aliphatic rings. The Bertz CT molecular complexity index is 841. The molecule has 1 N–H and O–H groups in total. The van der Waals surface area contributed by atoms with Gasteiger partial charge in [0, 0.05) is 5.54 Å². The van der Waals surface area contributed by atoms with Crippen molar-refractivity contribution in [1.82, 2.24) is 4.72 Å². The second-order valence-electron chi connectivity index (χ2n) is 6.96. The lowest BCUT2D eigenvalue weighted by Gasteiger charge is -2.26. The highest BCUT2D eigenvalue weighted by atomic mass is 32.2. The van der Waals surface area contributed by atoms with Crippen LogP contribution in [0.2, 0.25) is 0 Å². The molecule has 0 aromatic heterocycles. The van der Waals surface area contributed by atoms with Gasteiger partial charge in [0.1, 0.15) is 0 Å². The smallest absolute Gasteiger partial charge is 0.229 e. The SMILES string of the molecule is Cc1c(C)c(C)c(S(=O)(=O)N[C@]2(C)CCS(=O)(=O)C2)c(C)c1C. The summed E-state index contributed by atoms with van der Waals surface area (Å²) in [6.07, 6.45) is 0.302. The van der Waals surface area contributed by atoms with Crippen molar-refractivity contribution in [3.8, 4) is 0 Å². The van der Waals surface area contributed by atoms with E-state index in [1.165, 1.54) is 0 Å². The number of hydrogen-bond acceptors (Lipinski definition) is 4. The third-order valence-electron chi connectivity index (χ3n) is 5.08. The highest BCUT2D eigenvalue weighted by molar-refractivity contribution is 7.92. The molecule has 0 aliphatic carbocycles. The summed E-state index contributed by atoms with van der Waals surface area (Å²) in [5.74, 6) is -0.128. The van der Waals surface area contributed by atoms with Crippen LogP contribution in [0.4, 0.5) is 0 Å². The average Bonchev–Trinajstić information content (AvgIpc) is 2.66. The monoisotopic (exact) mass is 359 g/mol. The number of nitrogens with one attached hydrogen (secondary N) is 1. The van der Waals surface area contributed by atoms with Gasteiger partial charge in [-0.3, -0.25) is 0 Å². The lowest BCUT2D eigenvalue weighted by atomic mass is 9.95. The summed E-state index contributed by atoms with van der Waals surface area (Å²) in [5.41, 5.74) is 3.51. The van der Waals surface area contributed by atoms with E-state index in [0.29, 0.717) is 6.42 Å². The molecule has 1 heterocycles. The molecular formula is C16H25NO4S2. The van der Waals surface area contributed by atoms with E-state index >= 15 is 0 Å². The Morgan fingerprint density at radius 1 is 0.913 bits per heavy atom. The van der Waals surface area contributed by atoms with Crippen LogP contribution in [-0.4, -0.2) is 33.9 Å². The molecule has 1 atom stereocenters. The minimum absolute atomic E-state index is 0.0237. The summed E-state index contributed by atoms with van der Waals surface area (Å²) in [7, 11) is -6.97. The Balaban J connectivity index is 2.54. The van der Waals surface area contributed by atoms with Crippen LogP contribution in [0.1, 0.15) is 41.2 Å². The van der Waals surface area contributed by atoms with E-state index in [-0.39, 0.29) is 16.4 Å². The molecule has 0 radical (unpaired) electrons. The lowest BCUT2D eigenvalue weighted by molar-refractivity contribution is 0.461. The first-order valence-corrected chi connectivity index (χ1v) is 10.9. The maximum Gasteiger partial charge on any atom is 0.241 e. The molecule has 0 bridgehead atoms. The van der Waals surface area contributed by atoms with Crippen LogP contribution in [0, 0.1) is 34.6 Å². The molecule has 1 aliphatic heterocycles. The van der Waals surface area contributed by atoms with Gasteiger partial charge >= 0.3 is 0 Å². The maximum atomic E-state index is 13.0. The Kier molecular flexibility index (Phi) is 4.46. The largest absolute Gasteiger partial charge is 0.241 e. The molecule has 1 saturated heterocycles. The van der Waals surface area contributed by atoms with Crippen molar-refractivity contribution >= 4 is 19.9 Å². The zero-order chi connectivity index (χ0) is 17.8. The van der Waals surface area contributed by atoms with Crippen LogP contribution in [-0.2, 0) is 19.9 Å². The number of benzene rings is 1. The van der Waals surface area contributed by atoms with Crippen LogP contribution in [0.25, 0.3) is 0 Å². The predicted molar refractivity (Wildman–Crippen MR) is 92.1 cm³/mol. The summed E-state index contributed by atoms with van der Waals surface area (Å²) in [6, 6.07) is 0. The van der Waals surface area contributed by atoms with E-state index in [1.54, 1.807) is 20.8 Å². The summed E-state index contributed by atoms with van der Waals surface area (Å²) in [6.45, 7) is 11.1. The molecule has 0 spiro atoms. The van der Waals surface area contributed by atoms with Gasteiger partial charge in [-0.15, -0.1) is 0 Å². The Morgan fingerprint density at radius 2 is 1.35 bits per heavy atom. The van der Waals surface area contributed by atoms with Crippen molar-refractivity contribution in [3.63, 3.8) is 0 Å². The molecule has 0 saturated carbocycles. The van der Waals surface area contributed by atoms with E-state index in [4.69, 9.17) is 0 Å². The van der Waals surface area contributed by atoms with Crippen molar-refractivity contribution in [2.24, 2.45) is 0 Å². The van der Waals surface area contributed by atoms with Crippen molar-refractivity contribution in [1.29, 1.82) is 0 Å². The second-order valence-corrected chi connectivity index (χ2v) is 10.8. The summed E-state index contributed by atoms with van der Waals surface area (Å²) in [5, 5.41) is 0. The molecule has 1 aromatic carbocycles. The van der Waals surface area contributed by atoms with Crippen LogP contribution in [0.5, 0.6) is 0 Å². The molecule has 0 unspecified atom stereocenters. The lowest BCUT2D eigenvalue weighted by Crippen LogP contribution is -2.47. The number of rotatable bonds is 3. The second kappa shape index (κ2) is 5.57. The molecule has 23 heavy (non-hydrogen) atoms. The van der Waals surface area contributed by atoms with Gasteiger partial charge < -0.3 is 0 Å². The van der Waals surface area contributed by atoms with Crippen molar-refractivity contribution in [2.75, 3.05) is 11.5 Å². The molecule has 2 rings (SSSR count). The standard InChI is InChI=1S/C16H25NO4S2/c1-10-11(2)13(4)15(14(5)12(10)3)23(20,21)17-16(6)7-8-22(18,19)9-16/h17H,7-9H2,1-6H3/t16-/m1/s1. The van der Waals surface area contributed by atoms with E-state index in [2.05, 4.69) is 4.72 Å². The molecule has 1 aromatic rings. The Labute approximate surface area is 139 Å². The third-order valence-corrected chi connectivity index (χ3v) is 8.90. The van der Waals surface area contributed by atoms with Gasteiger partial charge in [0.25, 0.3) is 0 Å². The fourth-order valence-electron chi connectivity index (χ4n) is 3.34. The maximum absolute atomic E-state index is 13.0. The van der Waals surface area contributed by atoms with Crippen molar-refractivity contribution in [3.05, 3.63) is 27.8 Å². The van der Waals surface area contributed by atoms with Crippen LogP contribution in [0.15, 0.2) is 4.90 Å². The summed E-state index contributed by atoms with van der Waals surface area (Å²) >= 11 is 0.